The number of aryl methyl sites for hydroxylation is 1. The molecule has 2 rings (SSSR count). The summed E-state index contributed by atoms with van der Waals surface area (Å²) in [5.74, 6) is 2.69. The number of ether oxygens (including phenoxy) is 2. The Kier molecular flexibility index (Phi) is 4.80. The first-order chi connectivity index (χ1) is 10.0. The molecule has 0 radical (unpaired) electrons. The van der Waals surface area contributed by atoms with Gasteiger partial charge >= 0.3 is 0 Å². The summed E-state index contributed by atoms with van der Waals surface area (Å²) < 4.78 is 16.1. The number of rotatable bonds is 6. The van der Waals surface area contributed by atoms with Crippen LogP contribution < -0.4 is 14.8 Å². The van der Waals surface area contributed by atoms with Crippen LogP contribution in [0.25, 0.3) is 0 Å². The molecule has 6 heteroatoms. The van der Waals surface area contributed by atoms with Gasteiger partial charge in [-0.05, 0) is 19.9 Å². The van der Waals surface area contributed by atoms with Crippen LogP contribution in [0.1, 0.15) is 43.3 Å². The SMILES string of the molecule is COc1ccc([C@@H](C)N[C@@H](C)c2nnc(C)o2)c(OC)c1. The number of hydrogen-bond donors (Lipinski definition) is 1. The quantitative estimate of drug-likeness (QED) is 0.882. The van der Waals surface area contributed by atoms with E-state index in [1.165, 1.54) is 0 Å². The van der Waals surface area contributed by atoms with Crippen LogP contribution >= 0.6 is 0 Å². The maximum Gasteiger partial charge on any atom is 0.233 e. The van der Waals surface area contributed by atoms with Crippen LogP contribution in [0, 0.1) is 6.92 Å². The summed E-state index contributed by atoms with van der Waals surface area (Å²) in [5, 5.41) is 11.3. The van der Waals surface area contributed by atoms with Gasteiger partial charge in [0.1, 0.15) is 11.5 Å². The molecule has 0 fully saturated rings. The van der Waals surface area contributed by atoms with E-state index in [4.69, 9.17) is 13.9 Å². The standard InChI is InChI=1S/C15H21N3O3/c1-9(16-10(2)15-18-17-11(3)21-15)13-7-6-12(19-4)8-14(13)20-5/h6-10,16H,1-5H3/t9-,10+/m1/s1. The fraction of sp³-hybridized carbons (Fsp3) is 0.467. The van der Waals surface area contributed by atoms with Gasteiger partial charge in [-0.25, -0.2) is 0 Å². The summed E-state index contributed by atoms with van der Waals surface area (Å²) in [6, 6.07) is 5.79. The Balaban J connectivity index is 2.14. The van der Waals surface area contributed by atoms with Crippen LogP contribution in [0.15, 0.2) is 22.6 Å². The van der Waals surface area contributed by atoms with Gasteiger partial charge in [0.2, 0.25) is 11.8 Å². The van der Waals surface area contributed by atoms with E-state index < -0.39 is 0 Å². The Morgan fingerprint density at radius 3 is 2.43 bits per heavy atom. The topological polar surface area (TPSA) is 69.4 Å². The van der Waals surface area contributed by atoms with E-state index >= 15 is 0 Å². The summed E-state index contributed by atoms with van der Waals surface area (Å²) in [6.45, 7) is 5.82. The van der Waals surface area contributed by atoms with Crippen molar-refractivity contribution in [3.63, 3.8) is 0 Å². The molecule has 1 N–H and O–H groups in total. The predicted molar refractivity (Wildman–Crippen MR) is 78.5 cm³/mol. The maximum atomic E-state index is 5.44. The molecular weight excluding hydrogens is 270 g/mol. The minimum atomic E-state index is -0.0481. The third-order valence-corrected chi connectivity index (χ3v) is 3.32. The summed E-state index contributed by atoms with van der Waals surface area (Å²) >= 11 is 0. The van der Waals surface area contributed by atoms with Crippen LogP contribution in [0.3, 0.4) is 0 Å². The molecule has 0 saturated carbocycles. The van der Waals surface area contributed by atoms with Crippen molar-refractivity contribution in [1.82, 2.24) is 15.5 Å². The molecule has 6 nitrogen and oxygen atoms in total. The molecule has 1 aromatic carbocycles. The fourth-order valence-electron chi connectivity index (χ4n) is 2.20. The molecule has 0 spiro atoms. The Morgan fingerprint density at radius 1 is 1.10 bits per heavy atom. The highest BCUT2D eigenvalue weighted by molar-refractivity contribution is 5.42. The summed E-state index contributed by atoms with van der Waals surface area (Å²) in [4.78, 5) is 0. The minimum absolute atomic E-state index is 0.0481. The van der Waals surface area contributed by atoms with E-state index in [1.807, 2.05) is 25.1 Å². The Labute approximate surface area is 124 Å². The lowest BCUT2D eigenvalue weighted by molar-refractivity contribution is 0.363. The van der Waals surface area contributed by atoms with Gasteiger partial charge in [0.25, 0.3) is 0 Å². The van der Waals surface area contributed by atoms with E-state index in [9.17, 15) is 0 Å². The largest absolute Gasteiger partial charge is 0.497 e. The van der Waals surface area contributed by atoms with Crippen molar-refractivity contribution in [2.45, 2.75) is 32.9 Å². The van der Waals surface area contributed by atoms with Crippen molar-refractivity contribution in [2.75, 3.05) is 14.2 Å². The summed E-state index contributed by atoms with van der Waals surface area (Å²) in [6.07, 6.45) is 0. The molecule has 1 aromatic heterocycles. The van der Waals surface area contributed by atoms with Crippen molar-refractivity contribution < 1.29 is 13.9 Å². The highest BCUT2D eigenvalue weighted by atomic mass is 16.5. The number of nitrogens with one attached hydrogen (secondary N) is 1. The summed E-state index contributed by atoms with van der Waals surface area (Å²) in [5.41, 5.74) is 1.04. The molecule has 0 saturated heterocycles. The second-order valence-electron chi connectivity index (χ2n) is 4.88. The Hall–Kier alpha value is -2.08. The van der Waals surface area contributed by atoms with E-state index in [1.54, 1.807) is 21.1 Å². The second-order valence-corrected chi connectivity index (χ2v) is 4.88. The lowest BCUT2D eigenvalue weighted by Gasteiger charge is -2.20. The van der Waals surface area contributed by atoms with Gasteiger partial charge in [0.05, 0.1) is 20.3 Å². The van der Waals surface area contributed by atoms with Gasteiger partial charge in [-0.2, -0.15) is 0 Å². The number of nitrogens with zero attached hydrogens (tertiary/aromatic N) is 2. The number of hydrogen-bond acceptors (Lipinski definition) is 6. The Morgan fingerprint density at radius 2 is 1.86 bits per heavy atom. The van der Waals surface area contributed by atoms with E-state index in [-0.39, 0.29) is 12.1 Å². The molecule has 0 aliphatic heterocycles. The highest BCUT2D eigenvalue weighted by Crippen LogP contribution is 2.30. The maximum absolute atomic E-state index is 5.44. The van der Waals surface area contributed by atoms with Crippen LogP contribution in [-0.2, 0) is 0 Å². The third-order valence-electron chi connectivity index (χ3n) is 3.32. The van der Waals surface area contributed by atoms with Gasteiger partial charge in [0.15, 0.2) is 0 Å². The highest BCUT2D eigenvalue weighted by Gasteiger charge is 2.18. The van der Waals surface area contributed by atoms with Gasteiger partial charge < -0.3 is 13.9 Å². The lowest BCUT2D eigenvalue weighted by Crippen LogP contribution is -2.23. The number of benzene rings is 1. The minimum Gasteiger partial charge on any atom is -0.497 e. The van der Waals surface area contributed by atoms with Gasteiger partial charge in [-0.1, -0.05) is 6.07 Å². The molecule has 0 amide bonds. The van der Waals surface area contributed by atoms with Gasteiger partial charge in [-0.3, -0.25) is 5.32 Å². The predicted octanol–water partition coefficient (Wildman–Crippen LogP) is 2.81. The molecule has 114 valence electrons. The number of aromatic nitrogens is 2. The zero-order valence-corrected chi connectivity index (χ0v) is 13.0. The molecule has 0 aliphatic carbocycles. The van der Waals surface area contributed by atoms with E-state index in [2.05, 4.69) is 22.4 Å². The van der Waals surface area contributed by atoms with Crippen LogP contribution in [-0.4, -0.2) is 24.4 Å². The van der Waals surface area contributed by atoms with Crippen molar-refractivity contribution in [2.24, 2.45) is 0 Å². The molecule has 21 heavy (non-hydrogen) atoms. The number of methoxy groups -OCH3 is 2. The van der Waals surface area contributed by atoms with Crippen molar-refractivity contribution >= 4 is 0 Å². The molecule has 0 aliphatic rings. The van der Waals surface area contributed by atoms with Crippen LogP contribution in [0.2, 0.25) is 0 Å². The molecule has 1 heterocycles. The normalized spacial score (nSPS) is 13.8. The first-order valence-corrected chi connectivity index (χ1v) is 6.83. The third kappa shape index (κ3) is 3.52. The van der Waals surface area contributed by atoms with Crippen molar-refractivity contribution in [1.29, 1.82) is 0 Å². The van der Waals surface area contributed by atoms with Gasteiger partial charge in [-0.15, -0.1) is 10.2 Å². The van der Waals surface area contributed by atoms with Crippen molar-refractivity contribution in [3.8, 4) is 11.5 Å². The zero-order chi connectivity index (χ0) is 15.4. The van der Waals surface area contributed by atoms with Crippen LogP contribution in [0.5, 0.6) is 11.5 Å². The smallest absolute Gasteiger partial charge is 0.233 e. The first-order valence-electron chi connectivity index (χ1n) is 6.83. The zero-order valence-electron chi connectivity index (χ0n) is 13.0. The monoisotopic (exact) mass is 291 g/mol. The molecule has 2 atom stereocenters. The average molecular weight is 291 g/mol. The average Bonchev–Trinajstić information content (AvgIpc) is 2.93. The molecule has 0 bridgehead atoms. The van der Waals surface area contributed by atoms with Crippen molar-refractivity contribution in [3.05, 3.63) is 35.5 Å². The molecular formula is C15H21N3O3. The fourth-order valence-corrected chi connectivity index (χ4v) is 2.20. The van der Waals surface area contributed by atoms with E-state index in [0.717, 1.165) is 17.1 Å². The van der Waals surface area contributed by atoms with Gasteiger partial charge in [0, 0.05) is 24.6 Å². The van der Waals surface area contributed by atoms with E-state index in [0.29, 0.717) is 11.8 Å². The Bertz CT molecular complexity index is 598. The summed E-state index contributed by atoms with van der Waals surface area (Å²) in [7, 11) is 3.28. The van der Waals surface area contributed by atoms with Crippen LogP contribution in [0.4, 0.5) is 0 Å². The first kappa shape index (κ1) is 15.3. The molecule has 0 unspecified atom stereocenters. The molecule has 2 aromatic rings. The lowest BCUT2D eigenvalue weighted by atomic mass is 10.1. The second kappa shape index (κ2) is 6.58.